The molecule has 0 aliphatic rings. The van der Waals surface area contributed by atoms with Crippen molar-refractivity contribution in [2.45, 2.75) is 24.9 Å². The Balaban J connectivity index is 2.89. The van der Waals surface area contributed by atoms with Crippen molar-refractivity contribution in [3.05, 3.63) is 22.1 Å². The van der Waals surface area contributed by atoms with Gasteiger partial charge in [0, 0.05) is 18.8 Å². The fourth-order valence-corrected chi connectivity index (χ4v) is 2.09. The number of aromatic nitrogens is 2. The Morgan fingerprint density at radius 1 is 1.59 bits per heavy atom. The highest BCUT2D eigenvalue weighted by atomic mass is 32.2. The van der Waals surface area contributed by atoms with Crippen LogP contribution in [0.4, 0.5) is 0 Å². The number of carbonyl (C=O) groups is 1. The molecule has 1 aromatic heterocycles. The Kier molecular flexibility index (Phi) is 5.21. The third-order valence-electron chi connectivity index (χ3n) is 2.20. The van der Waals surface area contributed by atoms with E-state index in [1.807, 2.05) is 6.92 Å². The van der Waals surface area contributed by atoms with Crippen molar-refractivity contribution in [3.8, 4) is 0 Å². The van der Waals surface area contributed by atoms with E-state index in [1.54, 1.807) is 7.05 Å². The number of nitrogens with zero attached hydrogens (tertiary/aromatic N) is 2. The Bertz CT molecular complexity index is 457. The molecule has 0 saturated carbocycles. The molecule has 0 saturated heterocycles. The van der Waals surface area contributed by atoms with E-state index in [9.17, 15) is 9.59 Å². The van der Waals surface area contributed by atoms with Gasteiger partial charge in [0.15, 0.2) is 5.16 Å². The molecule has 0 aliphatic carbocycles. The summed E-state index contributed by atoms with van der Waals surface area (Å²) >= 11 is 1.21. The van der Waals surface area contributed by atoms with E-state index < -0.39 is 0 Å². The first-order valence-corrected chi connectivity index (χ1v) is 6.33. The summed E-state index contributed by atoms with van der Waals surface area (Å²) in [5.41, 5.74) is 0.666. The highest BCUT2D eigenvalue weighted by Crippen LogP contribution is 2.14. The van der Waals surface area contributed by atoms with Crippen molar-refractivity contribution < 1.29 is 9.53 Å². The second-order valence-electron chi connectivity index (χ2n) is 3.54. The number of aryl methyl sites for hydroxylation is 1. The lowest BCUT2D eigenvalue weighted by molar-refractivity contribution is -0.137. The molecule has 0 spiro atoms. The average Bonchev–Trinajstić information content (AvgIpc) is 2.31. The van der Waals surface area contributed by atoms with Gasteiger partial charge in [-0.15, -0.1) is 0 Å². The van der Waals surface area contributed by atoms with E-state index in [1.165, 1.54) is 29.5 Å². The standard InChI is InChI=1S/C11H16N2O3S/c1-4-5-8-6-9(14)13(2)11(12-8)17-7-10(15)16-3/h6H,4-5,7H2,1-3H3. The van der Waals surface area contributed by atoms with E-state index in [0.717, 1.165) is 18.5 Å². The maximum Gasteiger partial charge on any atom is 0.316 e. The lowest BCUT2D eigenvalue weighted by Crippen LogP contribution is -2.21. The summed E-state index contributed by atoms with van der Waals surface area (Å²) in [6.07, 6.45) is 1.70. The van der Waals surface area contributed by atoms with Crippen molar-refractivity contribution in [2.24, 2.45) is 7.05 Å². The fourth-order valence-electron chi connectivity index (χ4n) is 1.26. The highest BCUT2D eigenvalue weighted by molar-refractivity contribution is 7.99. The Hall–Kier alpha value is -1.30. The normalized spacial score (nSPS) is 10.3. The smallest absolute Gasteiger partial charge is 0.316 e. The van der Waals surface area contributed by atoms with Gasteiger partial charge >= 0.3 is 5.97 Å². The molecule has 0 N–H and O–H groups in total. The van der Waals surface area contributed by atoms with Crippen LogP contribution in [0.15, 0.2) is 16.0 Å². The number of ether oxygens (including phenoxy) is 1. The predicted octanol–water partition coefficient (Wildman–Crippen LogP) is 0.998. The van der Waals surface area contributed by atoms with Gasteiger partial charge in [0.25, 0.3) is 5.56 Å². The number of esters is 1. The molecule has 0 aliphatic heterocycles. The quantitative estimate of drug-likeness (QED) is 0.447. The van der Waals surface area contributed by atoms with E-state index in [-0.39, 0.29) is 17.3 Å². The SMILES string of the molecule is CCCc1cc(=O)n(C)c(SCC(=O)OC)n1. The minimum atomic E-state index is -0.329. The topological polar surface area (TPSA) is 61.2 Å². The lowest BCUT2D eigenvalue weighted by atomic mass is 10.2. The van der Waals surface area contributed by atoms with Crippen LogP contribution in [0.25, 0.3) is 0 Å². The zero-order chi connectivity index (χ0) is 12.8. The van der Waals surface area contributed by atoms with E-state index >= 15 is 0 Å². The average molecular weight is 256 g/mol. The van der Waals surface area contributed by atoms with Crippen LogP contribution in [0.2, 0.25) is 0 Å². The number of rotatable bonds is 5. The molecule has 0 atom stereocenters. The Morgan fingerprint density at radius 3 is 2.88 bits per heavy atom. The van der Waals surface area contributed by atoms with Gasteiger partial charge in [0.1, 0.15) is 0 Å². The Labute approximate surface area is 104 Å². The number of methoxy groups -OCH3 is 1. The first-order valence-electron chi connectivity index (χ1n) is 5.35. The number of thioether (sulfide) groups is 1. The first kappa shape index (κ1) is 13.8. The second kappa shape index (κ2) is 6.44. The molecular weight excluding hydrogens is 240 g/mol. The van der Waals surface area contributed by atoms with Crippen LogP contribution in [0, 0.1) is 0 Å². The summed E-state index contributed by atoms with van der Waals surface area (Å²) in [5, 5.41) is 0.548. The third-order valence-corrected chi connectivity index (χ3v) is 3.20. The minimum absolute atomic E-state index is 0.101. The molecule has 94 valence electrons. The zero-order valence-electron chi connectivity index (χ0n) is 10.2. The van der Waals surface area contributed by atoms with Gasteiger partial charge in [-0.3, -0.25) is 14.2 Å². The van der Waals surface area contributed by atoms with E-state index in [4.69, 9.17) is 0 Å². The summed E-state index contributed by atoms with van der Waals surface area (Å²) in [7, 11) is 2.98. The summed E-state index contributed by atoms with van der Waals surface area (Å²) in [6, 6.07) is 1.53. The molecule has 0 bridgehead atoms. The number of hydrogen-bond acceptors (Lipinski definition) is 5. The maximum absolute atomic E-state index is 11.6. The molecule has 6 heteroatoms. The monoisotopic (exact) mass is 256 g/mol. The molecule has 17 heavy (non-hydrogen) atoms. The third kappa shape index (κ3) is 3.89. The van der Waals surface area contributed by atoms with Gasteiger partial charge < -0.3 is 4.74 Å². The van der Waals surface area contributed by atoms with Crippen LogP contribution in [0.5, 0.6) is 0 Å². The molecule has 1 heterocycles. The summed E-state index contributed by atoms with van der Waals surface area (Å²) in [4.78, 5) is 27.0. The van der Waals surface area contributed by atoms with Crippen LogP contribution >= 0.6 is 11.8 Å². The maximum atomic E-state index is 11.6. The molecule has 0 aromatic carbocycles. The minimum Gasteiger partial charge on any atom is -0.468 e. The van der Waals surface area contributed by atoms with E-state index in [2.05, 4.69) is 9.72 Å². The van der Waals surface area contributed by atoms with Crippen molar-refractivity contribution in [1.29, 1.82) is 0 Å². The van der Waals surface area contributed by atoms with Crippen molar-refractivity contribution in [1.82, 2.24) is 9.55 Å². The second-order valence-corrected chi connectivity index (χ2v) is 4.48. The molecule has 0 radical (unpaired) electrons. The van der Waals surface area contributed by atoms with Gasteiger partial charge in [0.05, 0.1) is 12.9 Å². The molecule has 0 fully saturated rings. The van der Waals surface area contributed by atoms with Crippen LogP contribution < -0.4 is 5.56 Å². The molecule has 0 unspecified atom stereocenters. The van der Waals surface area contributed by atoms with Crippen molar-refractivity contribution in [2.75, 3.05) is 12.9 Å². The summed E-state index contributed by atoms with van der Waals surface area (Å²) in [6.45, 7) is 2.03. The van der Waals surface area contributed by atoms with Gasteiger partial charge in [-0.2, -0.15) is 0 Å². The van der Waals surface area contributed by atoms with Crippen LogP contribution in [0.3, 0.4) is 0 Å². The van der Waals surface area contributed by atoms with Gasteiger partial charge in [0.2, 0.25) is 0 Å². The summed E-state index contributed by atoms with van der Waals surface area (Å²) in [5.74, 6) is -0.169. The largest absolute Gasteiger partial charge is 0.468 e. The number of hydrogen-bond donors (Lipinski definition) is 0. The lowest BCUT2D eigenvalue weighted by Gasteiger charge is -2.07. The van der Waals surface area contributed by atoms with Crippen LogP contribution in [0.1, 0.15) is 19.0 Å². The van der Waals surface area contributed by atoms with Gasteiger partial charge in [-0.25, -0.2) is 4.98 Å². The Morgan fingerprint density at radius 2 is 2.29 bits per heavy atom. The molecular formula is C11H16N2O3S. The van der Waals surface area contributed by atoms with Crippen LogP contribution in [-0.2, 0) is 23.0 Å². The van der Waals surface area contributed by atoms with Crippen molar-refractivity contribution in [3.63, 3.8) is 0 Å². The van der Waals surface area contributed by atoms with E-state index in [0.29, 0.717) is 5.16 Å². The zero-order valence-corrected chi connectivity index (χ0v) is 11.0. The predicted molar refractivity (Wildman–Crippen MR) is 66.2 cm³/mol. The number of carbonyl (C=O) groups excluding carboxylic acids is 1. The summed E-state index contributed by atoms with van der Waals surface area (Å²) < 4.78 is 5.98. The van der Waals surface area contributed by atoms with Crippen molar-refractivity contribution >= 4 is 17.7 Å². The van der Waals surface area contributed by atoms with Gasteiger partial charge in [-0.05, 0) is 6.42 Å². The molecule has 1 aromatic rings. The molecule has 5 nitrogen and oxygen atoms in total. The highest BCUT2D eigenvalue weighted by Gasteiger charge is 2.09. The van der Waals surface area contributed by atoms with Gasteiger partial charge in [-0.1, -0.05) is 25.1 Å². The molecule has 1 rings (SSSR count). The first-order chi connectivity index (χ1) is 8.08. The molecule has 0 amide bonds. The fraction of sp³-hybridized carbons (Fsp3) is 0.545. The van der Waals surface area contributed by atoms with Crippen LogP contribution in [-0.4, -0.2) is 28.4 Å².